The molecule has 0 bridgehead atoms. The van der Waals surface area contributed by atoms with Crippen LogP contribution in [-0.2, 0) is 4.79 Å². The summed E-state index contributed by atoms with van der Waals surface area (Å²) in [6, 6.07) is 12.1. The summed E-state index contributed by atoms with van der Waals surface area (Å²) in [7, 11) is 2.09. The van der Waals surface area contributed by atoms with Crippen LogP contribution in [0.15, 0.2) is 42.0 Å². The second kappa shape index (κ2) is 7.84. The fraction of sp³-hybridized carbons (Fsp3) is 0.308. The van der Waals surface area contributed by atoms with Crippen LogP contribution < -0.4 is 10.2 Å². The molecule has 4 heteroatoms. The lowest BCUT2D eigenvalue weighted by molar-refractivity contribution is -0.112. The Balaban J connectivity index is 1.98. The molecule has 2 aromatic rings. The van der Waals surface area contributed by atoms with E-state index in [0.29, 0.717) is 0 Å². The van der Waals surface area contributed by atoms with E-state index in [1.54, 1.807) is 6.08 Å². The number of fused-ring (bicyclic) bond motifs is 1. The van der Waals surface area contributed by atoms with Gasteiger partial charge >= 0.3 is 0 Å². The van der Waals surface area contributed by atoms with Crippen LogP contribution in [0.4, 0.5) is 11.4 Å². The van der Waals surface area contributed by atoms with Gasteiger partial charge in [0.1, 0.15) is 11.6 Å². The molecule has 0 spiro atoms. The highest BCUT2D eigenvalue weighted by Crippen LogP contribution is 2.39. The molecule has 30 heavy (non-hydrogen) atoms. The number of amides is 1. The third-order valence-corrected chi connectivity index (χ3v) is 5.90. The van der Waals surface area contributed by atoms with Crippen molar-refractivity contribution in [3.63, 3.8) is 0 Å². The maximum atomic E-state index is 12.8. The van der Waals surface area contributed by atoms with Crippen LogP contribution in [0.5, 0.6) is 0 Å². The second-order valence-corrected chi connectivity index (χ2v) is 8.71. The van der Waals surface area contributed by atoms with Crippen molar-refractivity contribution in [3.05, 3.63) is 69.8 Å². The SMILES string of the molecule is CC1=CC(C)(C)N(C)c2cc(C)c(/C=C(\C#N)C(=O)Nc3ccc(C)cc3C)cc21. The van der Waals surface area contributed by atoms with Crippen LogP contribution in [0.3, 0.4) is 0 Å². The minimum absolute atomic E-state index is 0.0650. The molecule has 0 unspecified atom stereocenters. The Bertz CT molecular complexity index is 1130. The quantitative estimate of drug-likeness (QED) is 0.525. The van der Waals surface area contributed by atoms with Gasteiger partial charge in [-0.3, -0.25) is 4.79 Å². The molecule has 1 amide bonds. The number of likely N-dealkylation sites (N-methyl/N-ethyl adjacent to an activating group) is 1. The summed E-state index contributed by atoms with van der Waals surface area (Å²) in [4.78, 5) is 15.0. The van der Waals surface area contributed by atoms with Crippen molar-refractivity contribution in [2.45, 2.75) is 47.1 Å². The van der Waals surface area contributed by atoms with Crippen LogP contribution in [0, 0.1) is 32.1 Å². The number of hydrogen-bond donors (Lipinski definition) is 1. The number of anilines is 2. The van der Waals surface area contributed by atoms with Crippen molar-refractivity contribution in [2.75, 3.05) is 17.3 Å². The van der Waals surface area contributed by atoms with E-state index < -0.39 is 5.91 Å². The number of aryl methyl sites for hydroxylation is 3. The lowest BCUT2D eigenvalue weighted by Gasteiger charge is -2.41. The van der Waals surface area contributed by atoms with Gasteiger partial charge in [0, 0.05) is 24.0 Å². The standard InChI is InChI=1S/C26H29N3O/c1-16-8-9-23(18(3)10-16)28-25(30)21(15-27)12-20-13-22-19(4)14-26(5,6)29(7)24(22)11-17(20)2/h8-14H,1-7H3,(H,28,30)/b21-12+. The molecule has 1 heterocycles. The molecule has 0 fully saturated rings. The lowest BCUT2D eigenvalue weighted by Crippen LogP contribution is -2.42. The Hall–Kier alpha value is -3.32. The maximum absolute atomic E-state index is 12.8. The van der Waals surface area contributed by atoms with Gasteiger partial charge in [-0.1, -0.05) is 23.8 Å². The summed E-state index contributed by atoms with van der Waals surface area (Å²) in [6.45, 7) is 12.4. The average Bonchev–Trinajstić information content (AvgIpc) is 2.66. The van der Waals surface area contributed by atoms with Crippen molar-refractivity contribution >= 4 is 28.9 Å². The fourth-order valence-corrected chi connectivity index (χ4v) is 3.92. The molecule has 4 nitrogen and oxygen atoms in total. The molecule has 0 saturated carbocycles. The molecule has 1 aliphatic heterocycles. The Morgan fingerprint density at radius 3 is 2.43 bits per heavy atom. The van der Waals surface area contributed by atoms with E-state index in [1.165, 1.54) is 5.57 Å². The first-order valence-electron chi connectivity index (χ1n) is 10.1. The van der Waals surface area contributed by atoms with E-state index in [4.69, 9.17) is 0 Å². The zero-order valence-electron chi connectivity index (χ0n) is 18.8. The molecule has 2 aromatic carbocycles. The Morgan fingerprint density at radius 1 is 1.10 bits per heavy atom. The Labute approximate surface area is 179 Å². The van der Waals surface area contributed by atoms with E-state index >= 15 is 0 Å². The normalized spacial score (nSPS) is 15.2. The van der Waals surface area contributed by atoms with Crippen molar-refractivity contribution in [3.8, 4) is 6.07 Å². The van der Waals surface area contributed by atoms with E-state index in [-0.39, 0.29) is 11.1 Å². The molecule has 154 valence electrons. The number of nitrogens with one attached hydrogen (secondary N) is 1. The summed E-state index contributed by atoms with van der Waals surface area (Å²) in [6.07, 6.45) is 3.93. The highest BCUT2D eigenvalue weighted by molar-refractivity contribution is 6.10. The first-order chi connectivity index (χ1) is 14.0. The van der Waals surface area contributed by atoms with Gasteiger partial charge in [-0.2, -0.15) is 5.26 Å². The molecule has 0 aromatic heterocycles. The zero-order chi connectivity index (χ0) is 22.2. The topological polar surface area (TPSA) is 56.1 Å². The summed E-state index contributed by atoms with van der Waals surface area (Å²) >= 11 is 0. The minimum Gasteiger partial charge on any atom is -0.365 e. The number of rotatable bonds is 3. The number of benzene rings is 2. The average molecular weight is 400 g/mol. The third kappa shape index (κ3) is 4.02. The summed E-state index contributed by atoms with van der Waals surface area (Å²) < 4.78 is 0. The molecule has 1 aliphatic rings. The monoisotopic (exact) mass is 399 g/mol. The zero-order valence-corrected chi connectivity index (χ0v) is 18.8. The largest absolute Gasteiger partial charge is 0.365 e. The van der Waals surface area contributed by atoms with Gasteiger partial charge in [0.05, 0.1) is 5.54 Å². The smallest absolute Gasteiger partial charge is 0.266 e. The van der Waals surface area contributed by atoms with Gasteiger partial charge in [-0.15, -0.1) is 0 Å². The van der Waals surface area contributed by atoms with Crippen molar-refractivity contribution in [1.82, 2.24) is 0 Å². The van der Waals surface area contributed by atoms with Crippen LogP contribution in [0.1, 0.15) is 48.6 Å². The molecular formula is C26H29N3O. The number of nitriles is 1. The number of carbonyl (C=O) groups is 1. The van der Waals surface area contributed by atoms with Crippen LogP contribution in [0.25, 0.3) is 11.6 Å². The van der Waals surface area contributed by atoms with Gasteiger partial charge in [-0.25, -0.2) is 0 Å². The summed E-state index contributed by atoms with van der Waals surface area (Å²) in [5.41, 5.74) is 8.22. The van der Waals surface area contributed by atoms with E-state index in [0.717, 1.165) is 39.2 Å². The number of carbonyl (C=O) groups excluding carboxylic acids is 1. The molecular weight excluding hydrogens is 370 g/mol. The maximum Gasteiger partial charge on any atom is 0.266 e. The van der Waals surface area contributed by atoms with Crippen molar-refractivity contribution in [1.29, 1.82) is 5.26 Å². The highest BCUT2D eigenvalue weighted by Gasteiger charge is 2.28. The molecule has 0 radical (unpaired) electrons. The lowest BCUT2D eigenvalue weighted by atomic mass is 9.87. The number of nitrogens with zero attached hydrogens (tertiary/aromatic N) is 2. The fourth-order valence-electron chi connectivity index (χ4n) is 3.92. The van der Waals surface area contributed by atoms with Gasteiger partial charge in [-0.05, 0) is 88.1 Å². The Morgan fingerprint density at radius 2 is 1.80 bits per heavy atom. The molecule has 0 saturated heterocycles. The molecule has 1 N–H and O–H groups in total. The van der Waals surface area contributed by atoms with Crippen LogP contribution >= 0.6 is 0 Å². The Kier molecular flexibility index (Phi) is 5.59. The predicted octanol–water partition coefficient (Wildman–Crippen LogP) is 5.79. The molecule has 3 rings (SSSR count). The van der Waals surface area contributed by atoms with Gasteiger partial charge in [0.15, 0.2) is 0 Å². The van der Waals surface area contributed by atoms with Crippen molar-refractivity contribution in [2.24, 2.45) is 0 Å². The van der Waals surface area contributed by atoms with Gasteiger partial charge in [0.2, 0.25) is 0 Å². The van der Waals surface area contributed by atoms with Crippen LogP contribution in [0.2, 0.25) is 0 Å². The first kappa shape index (κ1) is 21.4. The number of hydrogen-bond acceptors (Lipinski definition) is 3. The molecule has 0 atom stereocenters. The second-order valence-electron chi connectivity index (χ2n) is 8.71. The van der Waals surface area contributed by atoms with E-state index in [1.807, 2.05) is 39.0 Å². The van der Waals surface area contributed by atoms with E-state index in [9.17, 15) is 10.1 Å². The van der Waals surface area contributed by atoms with Crippen LogP contribution in [-0.4, -0.2) is 18.5 Å². The van der Waals surface area contributed by atoms with E-state index in [2.05, 4.69) is 62.3 Å². The third-order valence-electron chi connectivity index (χ3n) is 5.90. The number of allylic oxidation sites excluding steroid dienone is 1. The molecule has 0 aliphatic carbocycles. The minimum atomic E-state index is -0.396. The van der Waals surface area contributed by atoms with Gasteiger partial charge < -0.3 is 10.2 Å². The highest BCUT2D eigenvalue weighted by atomic mass is 16.1. The first-order valence-corrected chi connectivity index (χ1v) is 10.1. The predicted molar refractivity (Wildman–Crippen MR) is 125 cm³/mol. The van der Waals surface area contributed by atoms with Crippen molar-refractivity contribution < 1.29 is 4.79 Å². The summed E-state index contributed by atoms with van der Waals surface area (Å²) in [5.74, 6) is -0.396. The van der Waals surface area contributed by atoms with Gasteiger partial charge in [0.25, 0.3) is 5.91 Å². The summed E-state index contributed by atoms with van der Waals surface area (Å²) in [5, 5.41) is 12.5.